The number of hydrogen-bond donors (Lipinski definition) is 4. The van der Waals surface area contributed by atoms with Gasteiger partial charge < -0.3 is 19.7 Å². The number of amides is 2. The highest BCUT2D eigenvalue weighted by molar-refractivity contribution is 7.81. The van der Waals surface area contributed by atoms with Crippen LogP contribution in [0, 0.1) is 0 Å². The number of carbonyl (C=O) groups excluding carboxylic acids is 2. The van der Waals surface area contributed by atoms with Crippen LogP contribution in [0.2, 0.25) is 0 Å². The Morgan fingerprint density at radius 2 is 1.43 bits per heavy atom. The minimum absolute atomic E-state index is 0.159. The highest BCUT2D eigenvalue weighted by atomic mass is 32.3. The Bertz CT molecular complexity index is 1340. The lowest BCUT2D eigenvalue weighted by Gasteiger charge is -2.43. The molecule has 1 aromatic carbocycles. The van der Waals surface area contributed by atoms with E-state index in [1.807, 2.05) is 18.2 Å². The van der Waals surface area contributed by atoms with E-state index in [4.69, 9.17) is 14.0 Å². The normalized spacial score (nSPS) is 23.9. The van der Waals surface area contributed by atoms with E-state index >= 15 is 0 Å². The van der Waals surface area contributed by atoms with Crippen molar-refractivity contribution in [2.24, 2.45) is 0 Å². The van der Waals surface area contributed by atoms with Gasteiger partial charge in [-0.25, -0.2) is 12.5 Å². The molecule has 5 atom stereocenters. The first kappa shape index (κ1) is 33.9. The van der Waals surface area contributed by atoms with Crippen LogP contribution in [-0.2, 0) is 69.2 Å². The van der Waals surface area contributed by atoms with Crippen molar-refractivity contribution in [3.8, 4) is 0 Å². The fourth-order valence-corrected chi connectivity index (χ4v) is 5.18. The second-order valence-electron chi connectivity index (χ2n) is 8.22. The maximum Gasteiger partial charge on any atom is 0.397 e. The minimum atomic E-state index is -5.50. The van der Waals surface area contributed by atoms with Gasteiger partial charge in [0.25, 0.3) is 0 Å². The number of ether oxygens (including phenoxy) is 2. The highest BCUT2D eigenvalue weighted by Crippen LogP contribution is 2.31. The molecule has 0 aliphatic carbocycles. The van der Waals surface area contributed by atoms with E-state index in [2.05, 4.69) is 17.9 Å². The van der Waals surface area contributed by atoms with Crippen molar-refractivity contribution in [2.45, 2.75) is 44.1 Å². The van der Waals surface area contributed by atoms with Gasteiger partial charge in [0.15, 0.2) is 12.4 Å². The Labute approximate surface area is 230 Å². The summed E-state index contributed by atoms with van der Waals surface area (Å²) in [6.45, 7) is 0.208. The minimum Gasteiger partial charge on any atom is -0.353 e. The molecule has 4 N–H and O–H groups in total. The van der Waals surface area contributed by atoms with E-state index in [1.165, 1.54) is 11.8 Å². The van der Waals surface area contributed by atoms with Crippen LogP contribution in [0.4, 0.5) is 0 Å². The van der Waals surface area contributed by atoms with E-state index < -0.39 is 86.8 Å². The van der Waals surface area contributed by atoms with Crippen molar-refractivity contribution < 1.29 is 70.5 Å². The quantitative estimate of drug-likeness (QED) is 0.163. The number of nitrogens with zero attached hydrogens (tertiary/aromatic N) is 1. The van der Waals surface area contributed by atoms with Gasteiger partial charge >= 0.3 is 31.2 Å². The Balaban J connectivity index is 2.25. The fourth-order valence-electron chi connectivity index (χ4n) is 3.68. The summed E-state index contributed by atoms with van der Waals surface area (Å²) in [4.78, 5) is 25.8. The predicted octanol–water partition coefficient (Wildman–Crippen LogP) is -1.87. The third-order valence-electron chi connectivity index (χ3n) is 5.32. The molecule has 1 fully saturated rings. The van der Waals surface area contributed by atoms with E-state index in [0.29, 0.717) is 6.42 Å². The Kier molecular flexibility index (Phi) is 11.9. The van der Waals surface area contributed by atoms with Crippen molar-refractivity contribution in [1.82, 2.24) is 10.2 Å². The van der Waals surface area contributed by atoms with Gasteiger partial charge in [0.05, 0.1) is 6.54 Å². The number of rotatable bonds is 14. The summed E-state index contributed by atoms with van der Waals surface area (Å²) in [6, 6.07) is 9.05. The van der Waals surface area contributed by atoms with Crippen LogP contribution in [-0.4, -0.2) is 113 Å². The molecule has 1 aromatic rings. The SMILES string of the molecule is CO[C@H]1O[C@H](CNC(=O)CN(CCc2ccccc2)C(C)=O)[C@@H](OS(=O)(=O)O)[C@H](OS(=O)(=O)O)[C@@H]1OS(=O)(=O)O. The molecule has 0 unspecified atom stereocenters. The van der Waals surface area contributed by atoms with E-state index in [9.17, 15) is 43.9 Å². The smallest absolute Gasteiger partial charge is 0.353 e. The standard InChI is InChI=1S/C19H28N2O16S3/c1-12(22)21(9-8-13-6-4-3-5-7-13)11-15(23)20-10-14-16(35-38(24,25)26)17(36-39(27,28)29)18(19(33-2)34-14)37-40(30,31)32/h3-7,14,16-19H,8-11H2,1-2H3,(H,20,23)(H,24,25,26)(H,27,28,29)(H,30,31,32)/t14-,16-,17+,18+,19+/m1/s1. The Morgan fingerprint density at radius 1 is 0.900 bits per heavy atom. The van der Waals surface area contributed by atoms with Crippen LogP contribution in [0.3, 0.4) is 0 Å². The molecular weight excluding hydrogens is 608 g/mol. The van der Waals surface area contributed by atoms with Crippen LogP contribution >= 0.6 is 0 Å². The van der Waals surface area contributed by atoms with Gasteiger partial charge in [-0.2, -0.15) is 25.3 Å². The molecular formula is C19H28N2O16S3. The number of nitrogens with one attached hydrogen (secondary N) is 1. The summed E-state index contributed by atoms with van der Waals surface area (Å²) in [6.07, 6.45) is -10.4. The summed E-state index contributed by atoms with van der Waals surface area (Å²) in [5.74, 6) is -1.24. The van der Waals surface area contributed by atoms with E-state index in [1.54, 1.807) is 12.1 Å². The third-order valence-corrected chi connectivity index (χ3v) is 6.71. The average Bonchev–Trinajstić information content (AvgIpc) is 2.81. The van der Waals surface area contributed by atoms with Crippen molar-refractivity contribution in [3.63, 3.8) is 0 Å². The summed E-state index contributed by atoms with van der Waals surface area (Å²) in [5.41, 5.74) is 0.895. The molecule has 40 heavy (non-hydrogen) atoms. The van der Waals surface area contributed by atoms with Crippen LogP contribution in [0.15, 0.2) is 30.3 Å². The molecule has 0 radical (unpaired) electrons. The highest BCUT2D eigenvalue weighted by Gasteiger charge is 2.53. The molecule has 2 rings (SSSR count). The number of methoxy groups -OCH3 is 1. The Morgan fingerprint density at radius 3 is 1.93 bits per heavy atom. The molecule has 18 nitrogen and oxygen atoms in total. The second-order valence-corrected chi connectivity index (χ2v) is 11.4. The lowest BCUT2D eigenvalue weighted by molar-refractivity contribution is -0.273. The predicted molar refractivity (Wildman–Crippen MR) is 130 cm³/mol. The van der Waals surface area contributed by atoms with Gasteiger partial charge in [0.2, 0.25) is 11.8 Å². The maximum atomic E-state index is 12.6. The van der Waals surface area contributed by atoms with E-state index in [-0.39, 0.29) is 6.54 Å². The van der Waals surface area contributed by atoms with Crippen molar-refractivity contribution in [3.05, 3.63) is 35.9 Å². The first-order chi connectivity index (χ1) is 18.4. The summed E-state index contributed by atoms with van der Waals surface area (Å²) < 4.78 is 119. The number of hydrogen-bond acceptors (Lipinski definition) is 13. The third kappa shape index (κ3) is 11.7. The van der Waals surface area contributed by atoms with Gasteiger partial charge in [-0.1, -0.05) is 30.3 Å². The molecule has 1 saturated heterocycles. The number of carbonyl (C=O) groups is 2. The summed E-state index contributed by atoms with van der Waals surface area (Å²) >= 11 is 0. The summed E-state index contributed by atoms with van der Waals surface area (Å²) in [5, 5.41) is 2.30. The number of benzene rings is 1. The monoisotopic (exact) mass is 636 g/mol. The van der Waals surface area contributed by atoms with Gasteiger partial charge in [-0.3, -0.25) is 23.2 Å². The van der Waals surface area contributed by atoms with Gasteiger partial charge in [-0.05, 0) is 12.0 Å². The fraction of sp³-hybridized carbons (Fsp3) is 0.579. The first-order valence-electron chi connectivity index (χ1n) is 11.1. The molecule has 1 heterocycles. The van der Waals surface area contributed by atoms with Crippen molar-refractivity contribution in [1.29, 1.82) is 0 Å². The summed E-state index contributed by atoms with van der Waals surface area (Å²) in [7, 11) is -15.4. The average molecular weight is 637 g/mol. The topological polar surface area (TPSA) is 259 Å². The molecule has 0 spiro atoms. The van der Waals surface area contributed by atoms with Crippen LogP contribution in [0.5, 0.6) is 0 Å². The zero-order valence-electron chi connectivity index (χ0n) is 20.9. The molecule has 0 aromatic heterocycles. The molecule has 2 amide bonds. The van der Waals surface area contributed by atoms with Gasteiger partial charge in [0.1, 0.15) is 18.3 Å². The zero-order valence-corrected chi connectivity index (χ0v) is 23.4. The Hall–Kier alpha value is -2.31. The molecule has 1 aliphatic rings. The van der Waals surface area contributed by atoms with Gasteiger partial charge in [-0.15, -0.1) is 0 Å². The lowest BCUT2D eigenvalue weighted by atomic mass is 9.99. The van der Waals surface area contributed by atoms with Crippen LogP contribution < -0.4 is 5.32 Å². The second kappa shape index (κ2) is 14.0. The van der Waals surface area contributed by atoms with E-state index in [0.717, 1.165) is 12.7 Å². The first-order valence-corrected chi connectivity index (χ1v) is 15.2. The molecule has 228 valence electrons. The lowest BCUT2D eigenvalue weighted by Crippen LogP contribution is -2.63. The molecule has 0 bridgehead atoms. The molecule has 0 saturated carbocycles. The maximum absolute atomic E-state index is 12.6. The van der Waals surface area contributed by atoms with Crippen LogP contribution in [0.1, 0.15) is 12.5 Å². The molecule has 21 heteroatoms. The van der Waals surface area contributed by atoms with Crippen molar-refractivity contribution >= 4 is 43.0 Å². The van der Waals surface area contributed by atoms with Crippen LogP contribution in [0.25, 0.3) is 0 Å². The molecule has 1 aliphatic heterocycles. The largest absolute Gasteiger partial charge is 0.397 e. The van der Waals surface area contributed by atoms with Gasteiger partial charge in [0, 0.05) is 27.1 Å². The zero-order chi connectivity index (χ0) is 30.3. The van der Waals surface area contributed by atoms with Crippen molar-refractivity contribution in [2.75, 3.05) is 26.7 Å².